The predicted octanol–water partition coefficient (Wildman–Crippen LogP) is 2.66. The topological polar surface area (TPSA) is 66.9 Å². The highest BCUT2D eigenvalue weighted by Gasteiger charge is 2.11. The van der Waals surface area contributed by atoms with Crippen LogP contribution < -0.4 is 10.6 Å². The first-order valence-corrected chi connectivity index (χ1v) is 7.39. The number of hydrogen-bond acceptors (Lipinski definition) is 5. The monoisotopic (exact) mass is 298 g/mol. The van der Waals surface area contributed by atoms with Gasteiger partial charge in [-0.2, -0.15) is 0 Å². The molecule has 0 saturated carbocycles. The molecule has 0 fully saturated rings. The highest BCUT2D eigenvalue weighted by Crippen LogP contribution is 2.22. The number of carbonyl (C=O) groups is 1. The molecule has 5 nitrogen and oxygen atoms in total. The number of rotatable bonds is 4. The van der Waals surface area contributed by atoms with Crippen LogP contribution in [0.5, 0.6) is 0 Å². The molecule has 21 heavy (non-hydrogen) atoms. The van der Waals surface area contributed by atoms with Gasteiger partial charge in [-0.05, 0) is 12.1 Å². The number of nitrogens with zero attached hydrogens (tertiary/aromatic N) is 2. The molecule has 2 aromatic heterocycles. The number of fused-ring (bicyclic) bond motifs is 1. The van der Waals surface area contributed by atoms with Crippen LogP contribution in [0.4, 0.5) is 5.69 Å². The van der Waals surface area contributed by atoms with E-state index in [1.54, 1.807) is 17.8 Å². The van der Waals surface area contributed by atoms with Crippen LogP contribution in [0.15, 0.2) is 42.0 Å². The summed E-state index contributed by atoms with van der Waals surface area (Å²) in [7, 11) is 1.83. The Bertz CT molecular complexity index is 770. The van der Waals surface area contributed by atoms with E-state index in [4.69, 9.17) is 0 Å². The molecule has 3 aromatic rings. The average molecular weight is 298 g/mol. The van der Waals surface area contributed by atoms with Crippen LogP contribution in [-0.4, -0.2) is 22.9 Å². The maximum atomic E-state index is 12.2. The summed E-state index contributed by atoms with van der Waals surface area (Å²) in [5.41, 5.74) is 3.84. The number of nitrogens with one attached hydrogen (secondary N) is 2. The molecule has 3 rings (SSSR count). The number of anilines is 1. The quantitative estimate of drug-likeness (QED) is 0.777. The van der Waals surface area contributed by atoms with Crippen LogP contribution in [0.2, 0.25) is 0 Å². The molecule has 1 amide bonds. The maximum Gasteiger partial charge on any atom is 0.270 e. The number of hydrogen-bond donors (Lipinski definition) is 2. The zero-order chi connectivity index (χ0) is 14.7. The van der Waals surface area contributed by atoms with Gasteiger partial charge in [-0.3, -0.25) is 9.78 Å². The van der Waals surface area contributed by atoms with Crippen LogP contribution in [0, 0.1) is 0 Å². The molecular weight excluding hydrogens is 284 g/mol. The Kier molecular flexibility index (Phi) is 3.79. The second kappa shape index (κ2) is 5.88. The van der Waals surface area contributed by atoms with Crippen molar-refractivity contribution in [1.29, 1.82) is 0 Å². The third-order valence-electron chi connectivity index (χ3n) is 3.12. The fourth-order valence-corrected chi connectivity index (χ4v) is 2.62. The standard InChI is InChI=1S/C15H14N4OS/c1-16-13-6-14(19-12-5-3-2-4-11(12)13)15(20)18-8-10-7-17-9-21-10/h2-7,9H,8H2,1H3,(H,16,19)(H,18,20). The average Bonchev–Trinajstić information content (AvgIpc) is 3.04. The Morgan fingerprint density at radius 2 is 2.19 bits per heavy atom. The van der Waals surface area contributed by atoms with Crippen molar-refractivity contribution < 1.29 is 4.79 Å². The first-order chi connectivity index (χ1) is 10.3. The second-order valence-electron chi connectivity index (χ2n) is 4.47. The first-order valence-electron chi connectivity index (χ1n) is 6.51. The van der Waals surface area contributed by atoms with E-state index in [0.717, 1.165) is 21.5 Å². The summed E-state index contributed by atoms with van der Waals surface area (Å²) in [5.74, 6) is -0.189. The predicted molar refractivity (Wildman–Crippen MR) is 84.6 cm³/mol. The van der Waals surface area contributed by atoms with Gasteiger partial charge in [-0.1, -0.05) is 18.2 Å². The number of aromatic nitrogens is 2. The van der Waals surface area contributed by atoms with Gasteiger partial charge < -0.3 is 10.6 Å². The maximum absolute atomic E-state index is 12.2. The minimum atomic E-state index is -0.189. The largest absolute Gasteiger partial charge is 0.388 e. The van der Waals surface area contributed by atoms with Gasteiger partial charge in [0.25, 0.3) is 5.91 Å². The Labute approximate surface area is 126 Å². The third-order valence-corrected chi connectivity index (χ3v) is 3.90. The molecule has 0 aliphatic heterocycles. The summed E-state index contributed by atoms with van der Waals surface area (Å²) in [6, 6.07) is 9.51. The van der Waals surface area contributed by atoms with Gasteiger partial charge in [-0.25, -0.2) is 4.98 Å². The number of carbonyl (C=O) groups excluding carboxylic acids is 1. The Hall–Kier alpha value is -2.47. The summed E-state index contributed by atoms with van der Waals surface area (Å²) in [4.78, 5) is 21.6. The number of amides is 1. The molecule has 2 N–H and O–H groups in total. The van der Waals surface area contributed by atoms with E-state index < -0.39 is 0 Å². The molecule has 0 radical (unpaired) electrons. The van der Waals surface area contributed by atoms with Crippen molar-refractivity contribution in [1.82, 2.24) is 15.3 Å². The van der Waals surface area contributed by atoms with Crippen molar-refractivity contribution in [3.63, 3.8) is 0 Å². The lowest BCUT2D eigenvalue weighted by Crippen LogP contribution is -2.23. The van der Waals surface area contributed by atoms with E-state index in [0.29, 0.717) is 12.2 Å². The van der Waals surface area contributed by atoms with Crippen molar-refractivity contribution in [2.45, 2.75) is 6.54 Å². The van der Waals surface area contributed by atoms with Crippen molar-refractivity contribution in [3.05, 3.63) is 52.6 Å². The van der Waals surface area contributed by atoms with Gasteiger partial charge in [0.15, 0.2) is 0 Å². The second-order valence-corrected chi connectivity index (χ2v) is 5.44. The van der Waals surface area contributed by atoms with Crippen molar-refractivity contribution >= 4 is 33.8 Å². The van der Waals surface area contributed by atoms with Gasteiger partial charge in [0.2, 0.25) is 0 Å². The highest BCUT2D eigenvalue weighted by molar-refractivity contribution is 7.09. The van der Waals surface area contributed by atoms with Crippen molar-refractivity contribution in [2.24, 2.45) is 0 Å². The summed E-state index contributed by atoms with van der Waals surface area (Å²) in [5, 5.41) is 6.96. The lowest BCUT2D eigenvalue weighted by molar-refractivity contribution is 0.0946. The minimum absolute atomic E-state index is 0.189. The van der Waals surface area contributed by atoms with Crippen molar-refractivity contribution in [3.8, 4) is 0 Å². The Morgan fingerprint density at radius 3 is 2.95 bits per heavy atom. The van der Waals surface area contributed by atoms with Gasteiger partial charge >= 0.3 is 0 Å². The number of thiazole rings is 1. The molecule has 106 valence electrons. The van der Waals surface area contributed by atoms with Crippen LogP contribution in [-0.2, 0) is 6.54 Å². The minimum Gasteiger partial charge on any atom is -0.388 e. The van der Waals surface area contributed by atoms with E-state index >= 15 is 0 Å². The number of benzene rings is 1. The molecule has 0 aliphatic carbocycles. The van der Waals surface area contributed by atoms with Crippen molar-refractivity contribution in [2.75, 3.05) is 12.4 Å². The molecule has 0 saturated heterocycles. The number of para-hydroxylation sites is 1. The fourth-order valence-electron chi connectivity index (χ4n) is 2.09. The van der Waals surface area contributed by atoms with Gasteiger partial charge in [0.05, 0.1) is 17.6 Å². The van der Waals surface area contributed by atoms with E-state index in [9.17, 15) is 4.79 Å². The SMILES string of the molecule is CNc1cc(C(=O)NCc2cncs2)nc2ccccc12. The van der Waals surface area contributed by atoms with E-state index in [-0.39, 0.29) is 5.91 Å². The highest BCUT2D eigenvalue weighted by atomic mass is 32.1. The van der Waals surface area contributed by atoms with Crippen LogP contribution in [0.25, 0.3) is 10.9 Å². The van der Waals surface area contributed by atoms with Crippen LogP contribution >= 0.6 is 11.3 Å². The van der Waals surface area contributed by atoms with E-state index in [2.05, 4.69) is 20.6 Å². The van der Waals surface area contributed by atoms with Gasteiger partial charge in [0.1, 0.15) is 5.69 Å². The number of pyridine rings is 1. The van der Waals surface area contributed by atoms with E-state index in [1.165, 1.54) is 11.3 Å². The normalized spacial score (nSPS) is 10.5. The zero-order valence-electron chi connectivity index (χ0n) is 11.5. The molecule has 0 atom stereocenters. The van der Waals surface area contributed by atoms with Gasteiger partial charge in [0, 0.05) is 29.2 Å². The molecule has 2 heterocycles. The molecule has 6 heteroatoms. The first kappa shape index (κ1) is 13.5. The summed E-state index contributed by atoms with van der Waals surface area (Å²) >= 11 is 1.51. The summed E-state index contributed by atoms with van der Waals surface area (Å²) in [6.07, 6.45) is 1.75. The Morgan fingerprint density at radius 1 is 1.33 bits per heavy atom. The molecule has 1 aromatic carbocycles. The van der Waals surface area contributed by atoms with Gasteiger partial charge in [-0.15, -0.1) is 11.3 Å². The smallest absolute Gasteiger partial charge is 0.270 e. The lowest BCUT2D eigenvalue weighted by atomic mass is 10.1. The molecular formula is C15H14N4OS. The molecule has 0 aliphatic rings. The van der Waals surface area contributed by atoms with Crippen LogP contribution in [0.3, 0.4) is 0 Å². The molecule has 0 spiro atoms. The fraction of sp³-hybridized carbons (Fsp3) is 0.133. The lowest BCUT2D eigenvalue weighted by Gasteiger charge is -2.09. The summed E-state index contributed by atoms with van der Waals surface area (Å²) < 4.78 is 0. The zero-order valence-corrected chi connectivity index (χ0v) is 12.3. The third kappa shape index (κ3) is 2.85. The summed E-state index contributed by atoms with van der Waals surface area (Å²) in [6.45, 7) is 0.465. The molecule has 0 bridgehead atoms. The molecule has 0 unspecified atom stereocenters. The van der Waals surface area contributed by atoms with E-state index in [1.807, 2.05) is 31.3 Å². The van der Waals surface area contributed by atoms with Crippen LogP contribution in [0.1, 0.15) is 15.4 Å². The Balaban J connectivity index is 1.87.